The fourth-order valence-corrected chi connectivity index (χ4v) is 3.14. The van der Waals surface area contributed by atoms with E-state index in [1.54, 1.807) is 6.20 Å². The average Bonchev–Trinajstić information content (AvgIpc) is 3.09. The topological polar surface area (TPSA) is 110 Å². The van der Waals surface area contributed by atoms with Crippen LogP contribution in [0.5, 0.6) is 5.75 Å². The van der Waals surface area contributed by atoms with Crippen LogP contribution in [0.15, 0.2) is 36.7 Å². The maximum Gasteiger partial charge on any atom is 0.310 e. The number of phenols is 1. The van der Waals surface area contributed by atoms with Crippen molar-refractivity contribution in [2.75, 3.05) is 0 Å². The number of aromatic nitrogens is 2. The second kappa shape index (κ2) is 6.69. The number of amides is 1. The smallest absolute Gasteiger partial charge is 0.310 e. The molecule has 0 aliphatic heterocycles. The number of nitrogens with one attached hydrogen (secondary N) is 1. The number of phenolic OH excluding ortho intramolecular Hbond substituents is 1. The molecule has 2 aromatic rings. The zero-order valence-electron chi connectivity index (χ0n) is 13.0. The Hall–Kier alpha value is -2.90. The number of rotatable bonds is 4. The fourth-order valence-electron chi connectivity index (χ4n) is 3.14. The van der Waals surface area contributed by atoms with Crippen LogP contribution >= 0.6 is 0 Å². The average molecular weight is 330 g/mol. The lowest BCUT2D eigenvalue weighted by Crippen LogP contribution is -2.43. The summed E-state index contributed by atoms with van der Waals surface area (Å²) in [6.45, 7) is 0. The minimum absolute atomic E-state index is 0.0662. The fraction of sp³-hybridized carbons (Fsp3) is 0.375. The van der Waals surface area contributed by atoms with Gasteiger partial charge in [-0.05, 0) is 31.0 Å². The van der Waals surface area contributed by atoms with E-state index >= 15 is 0 Å². The molecule has 1 aromatic carbocycles. The molecule has 0 bridgehead atoms. The van der Waals surface area contributed by atoms with Crippen LogP contribution in [0.2, 0.25) is 0 Å². The lowest BCUT2D eigenvalue weighted by atomic mass is 9.90. The molecule has 1 amide bonds. The van der Waals surface area contributed by atoms with Crippen molar-refractivity contribution in [3.63, 3.8) is 0 Å². The predicted octanol–water partition coefficient (Wildman–Crippen LogP) is 2.41. The number of aromatic hydroxyl groups is 1. The van der Waals surface area contributed by atoms with Gasteiger partial charge in [0.15, 0.2) is 5.75 Å². The van der Waals surface area contributed by atoms with Crippen LogP contribution in [0.4, 0.5) is 5.69 Å². The van der Waals surface area contributed by atoms with Crippen molar-refractivity contribution in [1.29, 1.82) is 0 Å². The van der Waals surface area contributed by atoms with E-state index < -0.39 is 16.4 Å². The molecule has 0 saturated heterocycles. The van der Waals surface area contributed by atoms with Gasteiger partial charge in [0.1, 0.15) is 0 Å². The highest BCUT2D eigenvalue weighted by Gasteiger charge is 2.28. The lowest BCUT2D eigenvalue weighted by molar-refractivity contribution is -0.385. The summed E-state index contributed by atoms with van der Waals surface area (Å²) in [6.07, 6.45) is 7.46. The van der Waals surface area contributed by atoms with Crippen molar-refractivity contribution >= 4 is 11.6 Å². The van der Waals surface area contributed by atoms with Gasteiger partial charge in [-0.15, -0.1) is 0 Å². The van der Waals surface area contributed by atoms with Crippen molar-refractivity contribution in [2.24, 2.45) is 0 Å². The molecular formula is C16H18N4O4. The molecule has 1 aliphatic rings. The van der Waals surface area contributed by atoms with E-state index in [0.29, 0.717) is 0 Å². The molecule has 24 heavy (non-hydrogen) atoms. The number of hydrogen-bond donors (Lipinski definition) is 2. The van der Waals surface area contributed by atoms with Crippen molar-refractivity contribution in [2.45, 2.75) is 37.8 Å². The maximum atomic E-state index is 12.4. The zero-order valence-corrected chi connectivity index (χ0v) is 13.0. The molecule has 8 nitrogen and oxygen atoms in total. The number of benzene rings is 1. The molecule has 1 saturated carbocycles. The molecule has 1 heterocycles. The van der Waals surface area contributed by atoms with E-state index in [4.69, 9.17) is 0 Å². The summed E-state index contributed by atoms with van der Waals surface area (Å²) in [5.74, 6) is -0.871. The van der Waals surface area contributed by atoms with E-state index in [2.05, 4.69) is 10.4 Å². The molecule has 2 N–H and O–H groups in total. The molecule has 1 aliphatic carbocycles. The first-order valence-electron chi connectivity index (χ1n) is 7.83. The van der Waals surface area contributed by atoms with Crippen molar-refractivity contribution in [3.8, 4) is 5.75 Å². The molecule has 8 heteroatoms. The van der Waals surface area contributed by atoms with Gasteiger partial charge in [0.25, 0.3) is 5.91 Å². The van der Waals surface area contributed by atoms with Gasteiger partial charge in [-0.3, -0.25) is 19.6 Å². The van der Waals surface area contributed by atoms with Crippen molar-refractivity contribution in [1.82, 2.24) is 15.1 Å². The number of nitro benzene ring substituents is 1. The second-order valence-corrected chi connectivity index (χ2v) is 5.88. The number of nitrogens with zero attached hydrogens (tertiary/aromatic N) is 3. The van der Waals surface area contributed by atoms with Crippen LogP contribution in [0, 0.1) is 10.1 Å². The zero-order chi connectivity index (χ0) is 17.1. The maximum absolute atomic E-state index is 12.4. The molecular weight excluding hydrogens is 312 g/mol. The standard InChI is InChI=1S/C16H18N4O4/c21-15-10-11(6-7-14(15)20(23)24)16(22)18-12-4-1-2-5-13(12)19-9-3-8-17-19/h3,6-10,12-13,21H,1-2,4-5H2,(H,18,22)/t12-,13-/m1/s1. The van der Waals surface area contributed by atoms with Gasteiger partial charge in [-0.2, -0.15) is 5.10 Å². The summed E-state index contributed by atoms with van der Waals surface area (Å²) >= 11 is 0. The van der Waals surface area contributed by atoms with Crippen molar-refractivity contribution < 1.29 is 14.8 Å². The third-order valence-electron chi connectivity index (χ3n) is 4.34. The third-order valence-corrected chi connectivity index (χ3v) is 4.34. The first-order valence-corrected chi connectivity index (χ1v) is 7.83. The van der Waals surface area contributed by atoms with Gasteiger partial charge < -0.3 is 10.4 Å². The quantitative estimate of drug-likeness (QED) is 0.660. The third kappa shape index (κ3) is 3.22. The molecule has 2 atom stereocenters. The van der Waals surface area contributed by atoms with Crippen LogP contribution in [0.3, 0.4) is 0 Å². The number of hydrogen-bond acceptors (Lipinski definition) is 5. The normalized spacial score (nSPS) is 20.5. The van der Waals surface area contributed by atoms with Crippen LogP contribution in [0.25, 0.3) is 0 Å². The molecule has 126 valence electrons. The Morgan fingerprint density at radius 1 is 1.38 bits per heavy atom. The van der Waals surface area contributed by atoms with Crippen LogP contribution in [-0.4, -0.2) is 31.8 Å². The second-order valence-electron chi connectivity index (χ2n) is 5.88. The Morgan fingerprint density at radius 2 is 2.17 bits per heavy atom. The van der Waals surface area contributed by atoms with E-state index in [9.17, 15) is 20.0 Å². The van der Waals surface area contributed by atoms with E-state index in [-0.39, 0.29) is 23.6 Å². The van der Waals surface area contributed by atoms with Gasteiger partial charge >= 0.3 is 5.69 Å². The highest BCUT2D eigenvalue weighted by atomic mass is 16.6. The first-order chi connectivity index (χ1) is 11.6. The predicted molar refractivity (Wildman–Crippen MR) is 85.7 cm³/mol. The summed E-state index contributed by atoms with van der Waals surface area (Å²) in [4.78, 5) is 22.5. The Balaban J connectivity index is 1.75. The van der Waals surface area contributed by atoms with Gasteiger partial charge in [0.2, 0.25) is 0 Å². The lowest BCUT2D eigenvalue weighted by Gasteiger charge is -2.32. The highest BCUT2D eigenvalue weighted by molar-refractivity contribution is 5.95. The van der Waals surface area contributed by atoms with Gasteiger partial charge in [0, 0.05) is 24.0 Å². The Bertz CT molecular complexity index is 745. The summed E-state index contributed by atoms with van der Waals surface area (Å²) < 4.78 is 1.86. The summed E-state index contributed by atoms with van der Waals surface area (Å²) in [6, 6.07) is 5.48. The number of carbonyl (C=O) groups is 1. The van der Waals surface area contributed by atoms with E-state index in [1.807, 2.05) is 16.9 Å². The molecule has 1 fully saturated rings. The van der Waals surface area contributed by atoms with Gasteiger partial charge in [0.05, 0.1) is 17.0 Å². The SMILES string of the molecule is O=C(N[C@@H]1CCCC[C@H]1n1cccn1)c1ccc([N+](=O)[O-])c(O)c1. The molecule has 0 spiro atoms. The largest absolute Gasteiger partial charge is 0.502 e. The highest BCUT2D eigenvalue weighted by Crippen LogP contribution is 2.29. The minimum atomic E-state index is -0.689. The van der Waals surface area contributed by atoms with Crippen LogP contribution in [-0.2, 0) is 0 Å². The molecule has 0 radical (unpaired) electrons. The van der Waals surface area contributed by atoms with Crippen molar-refractivity contribution in [3.05, 3.63) is 52.3 Å². The van der Waals surface area contributed by atoms with Gasteiger partial charge in [-0.25, -0.2) is 0 Å². The minimum Gasteiger partial charge on any atom is -0.502 e. The van der Waals surface area contributed by atoms with Crippen LogP contribution in [0.1, 0.15) is 42.1 Å². The summed E-state index contributed by atoms with van der Waals surface area (Å²) in [7, 11) is 0. The Labute approximate surface area is 138 Å². The molecule has 1 aromatic heterocycles. The molecule has 0 unspecified atom stereocenters. The summed E-state index contributed by atoms with van der Waals surface area (Å²) in [5.41, 5.74) is -0.221. The van der Waals surface area contributed by atoms with Gasteiger partial charge in [-0.1, -0.05) is 12.8 Å². The molecule has 3 rings (SSSR count). The Kier molecular flexibility index (Phi) is 4.45. The first kappa shape index (κ1) is 16.0. The van der Waals surface area contributed by atoms with E-state index in [1.165, 1.54) is 6.07 Å². The summed E-state index contributed by atoms with van der Waals surface area (Å²) in [5, 5.41) is 27.6. The number of nitro groups is 1. The van der Waals surface area contributed by atoms with E-state index in [0.717, 1.165) is 37.8 Å². The number of carbonyl (C=O) groups excluding carboxylic acids is 1. The monoisotopic (exact) mass is 330 g/mol. The Morgan fingerprint density at radius 3 is 2.83 bits per heavy atom. The van der Waals surface area contributed by atoms with Crippen LogP contribution < -0.4 is 5.32 Å².